The Morgan fingerprint density at radius 1 is 1.04 bits per heavy atom. The molecule has 2 aliphatic rings. The summed E-state index contributed by atoms with van der Waals surface area (Å²) in [6.45, 7) is 7.33. The van der Waals surface area contributed by atoms with Gasteiger partial charge in [0.25, 0.3) is 0 Å². The van der Waals surface area contributed by atoms with E-state index >= 15 is 0 Å². The van der Waals surface area contributed by atoms with Crippen molar-refractivity contribution < 1.29 is 9.47 Å². The maximum atomic E-state index is 6.34. The van der Waals surface area contributed by atoms with Gasteiger partial charge in [-0.3, -0.25) is 0 Å². The maximum absolute atomic E-state index is 6.34. The number of ether oxygens (including phenoxy) is 2. The van der Waals surface area contributed by atoms with E-state index in [1.165, 1.54) is 10.0 Å². The van der Waals surface area contributed by atoms with E-state index in [0.29, 0.717) is 27.0 Å². The fourth-order valence-corrected chi connectivity index (χ4v) is 6.41. The fourth-order valence-electron chi connectivity index (χ4n) is 4.12. The summed E-state index contributed by atoms with van der Waals surface area (Å²) in [5.74, 6) is -0.463. The first-order valence-electron chi connectivity index (χ1n) is 9.38. The van der Waals surface area contributed by atoms with Gasteiger partial charge >= 0.3 is 163 Å². The predicted molar refractivity (Wildman–Crippen MR) is 106 cm³/mol. The SMILES string of the molecule is C[C@H](c1ccccc1)N1C[C@@H]2OC(C)(C)O[C@@H]2[C@@H]1C[Se]c1ccccc1. The third kappa shape index (κ3) is 3.76. The Labute approximate surface area is 162 Å². The van der Waals surface area contributed by atoms with Crippen LogP contribution < -0.4 is 4.46 Å². The van der Waals surface area contributed by atoms with E-state index in [1.807, 2.05) is 13.8 Å². The number of nitrogens with zero attached hydrogens (tertiary/aromatic N) is 1. The predicted octanol–water partition coefficient (Wildman–Crippen LogP) is 3.40. The molecule has 0 aliphatic carbocycles. The molecule has 0 saturated carbocycles. The van der Waals surface area contributed by atoms with Crippen molar-refractivity contribution in [3.63, 3.8) is 0 Å². The molecule has 0 aromatic heterocycles. The summed E-state index contributed by atoms with van der Waals surface area (Å²) in [7, 11) is 0. The average Bonchev–Trinajstić information content (AvgIpc) is 3.12. The van der Waals surface area contributed by atoms with Gasteiger partial charge < -0.3 is 0 Å². The van der Waals surface area contributed by atoms with Gasteiger partial charge in [0.15, 0.2) is 0 Å². The van der Waals surface area contributed by atoms with Gasteiger partial charge in [-0.25, -0.2) is 0 Å². The van der Waals surface area contributed by atoms with Crippen LogP contribution in [0.5, 0.6) is 0 Å². The molecule has 2 aromatic rings. The van der Waals surface area contributed by atoms with Crippen LogP contribution in [0.3, 0.4) is 0 Å². The van der Waals surface area contributed by atoms with Crippen LogP contribution in [-0.4, -0.2) is 50.4 Å². The third-order valence-corrected chi connectivity index (χ3v) is 7.70. The Balaban J connectivity index is 1.54. The van der Waals surface area contributed by atoms with E-state index in [-0.39, 0.29) is 12.2 Å². The van der Waals surface area contributed by atoms with E-state index in [0.717, 1.165) is 11.9 Å². The van der Waals surface area contributed by atoms with Gasteiger partial charge in [0.1, 0.15) is 0 Å². The fraction of sp³-hybridized carbons (Fsp3) is 0.455. The van der Waals surface area contributed by atoms with Gasteiger partial charge in [-0.15, -0.1) is 0 Å². The van der Waals surface area contributed by atoms with Crippen molar-refractivity contribution in [2.24, 2.45) is 0 Å². The molecular weight excluding hydrogens is 389 g/mol. The summed E-state index contributed by atoms with van der Waals surface area (Å²) >= 11 is 0.436. The first-order valence-corrected chi connectivity index (χ1v) is 11.4. The molecule has 0 unspecified atom stereocenters. The third-order valence-electron chi connectivity index (χ3n) is 5.36. The molecule has 2 aliphatic heterocycles. The molecule has 2 aromatic carbocycles. The number of likely N-dealkylation sites (tertiary alicyclic amines) is 1. The van der Waals surface area contributed by atoms with Crippen molar-refractivity contribution in [1.29, 1.82) is 0 Å². The van der Waals surface area contributed by atoms with E-state index < -0.39 is 5.79 Å². The van der Waals surface area contributed by atoms with Crippen LogP contribution in [0.2, 0.25) is 5.32 Å². The molecule has 138 valence electrons. The molecule has 26 heavy (non-hydrogen) atoms. The van der Waals surface area contributed by atoms with Gasteiger partial charge in [0.05, 0.1) is 0 Å². The summed E-state index contributed by atoms with van der Waals surface area (Å²) in [6, 6.07) is 22.4. The van der Waals surface area contributed by atoms with Crippen molar-refractivity contribution in [3.8, 4) is 0 Å². The zero-order valence-corrected chi connectivity index (χ0v) is 17.4. The average molecular weight is 416 g/mol. The van der Waals surface area contributed by atoms with Crippen LogP contribution in [-0.2, 0) is 9.47 Å². The normalized spacial score (nSPS) is 28.8. The number of rotatable bonds is 5. The van der Waals surface area contributed by atoms with Crippen LogP contribution in [0.4, 0.5) is 0 Å². The molecule has 4 rings (SSSR count). The molecule has 4 atom stereocenters. The van der Waals surface area contributed by atoms with Crippen LogP contribution in [0, 0.1) is 0 Å². The van der Waals surface area contributed by atoms with Crippen LogP contribution >= 0.6 is 0 Å². The molecule has 0 N–H and O–H groups in total. The number of hydrogen-bond donors (Lipinski definition) is 0. The summed E-state index contributed by atoms with van der Waals surface area (Å²) in [4.78, 5) is 2.60. The van der Waals surface area contributed by atoms with E-state index in [1.54, 1.807) is 0 Å². The monoisotopic (exact) mass is 417 g/mol. The van der Waals surface area contributed by atoms with Crippen LogP contribution in [0.25, 0.3) is 0 Å². The quantitative estimate of drug-likeness (QED) is 0.698. The molecule has 2 heterocycles. The summed E-state index contributed by atoms with van der Waals surface area (Å²) in [6.07, 6.45) is 0.342. The Morgan fingerprint density at radius 3 is 2.38 bits per heavy atom. The van der Waals surface area contributed by atoms with Crippen molar-refractivity contribution in [2.75, 3.05) is 6.54 Å². The molecule has 0 radical (unpaired) electrons. The first kappa shape index (κ1) is 18.2. The van der Waals surface area contributed by atoms with Crippen molar-refractivity contribution in [2.45, 2.75) is 56.2 Å². The molecule has 0 amide bonds. The van der Waals surface area contributed by atoms with Gasteiger partial charge in [-0.2, -0.15) is 0 Å². The number of fused-ring (bicyclic) bond motifs is 1. The molecular formula is C22H27NO2Se. The summed E-state index contributed by atoms with van der Waals surface area (Å²) < 4.78 is 14.0. The Hall–Kier alpha value is -1.16. The van der Waals surface area contributed by atoms with Gasteiger partial charge in [-0.1, -0.05) is 0 Å². The molecule has 2 fully saturated rings. The Kier molecular flexibility index (Phi) is 5.22. The van der Waals surface area contributed by atoms with Crippen molar-refractivity contribution in [3.05, 3.63) is 66.2 Å². The van der Waals surface area contributed by atoms with Gasteiger partial charge in [-0.05, 0) is 0 Å². The first-order chi connectivity index (χ1) is 12.5. The Morgan fingerprint density at radius 2 is 1.69 bits per heavy atom. The second-order valence-corrected chi connectivity index (χ2v) is 9.91. The van der Waals surface area contributed by atoms with Crippen molar-refractivity contribution in [1.82, 2.24) is 4.90 Å². The number of hydrogen-bond acceptors (Lipinski definition) is 3. The summed E-state index contributed by atoms with van der Waals surface area (Å²) in [5.41, 5.74) is 1.36. The minimum absolute atomic E-state index is 0.168. The van der Waals surface area contributed by atoms with Gasteiger partial charge in [0, 0.05) is 0 Å². The number of benzene rings is 2. The van der Waals surface area contributed by atoms with Crippen molar-refractivity contribution >= 4 is 19.4 Å². The standard InChI is InChI=1S/C22H27NO2Se/c1-16(17-10-6-4-7-11-17)23-14-20-21(25-22(2,3)24-20)19(23)15-26-18-12-8-5-9-13-18/h4-13,16,19-21H,14-15H2,1-3H3/t16-,19+,20+,21-/m1/s1. The van der Waals surface area contributed by atoms with E-state index in [4.69, 9.17) is 9.47 Å². The van der Waals surface area contributed by atoms with E-state index in [2.05, 4.69) is 72.5 Å². The Bertz CT molecular complexity index is 721. The van der Waals surface area contributed by atoms with E-state index in [9.17, 15) is 0 Å². The van der Waals surface area contributed by atoms with Gasteiger partial charge in [0.2, 0.25) is 0 Å². The second kappa shape index (κ2) is 7.46. The zero-order chi connectivity index (χ0) is 18.1. The summed E-state index contributed by atoms with van der Waals surface area (Å²) in [5, 5.41) is 1.15. The molecule has 3 nitrogen and oxygen atoms in total. The molecule has 2 saturated heterocycles. The molecule has 4 heteroatoms. The molecule has 0 spiro atoms. The molecule has 0 bridgehead atoms. The van der Waals surface area contributed by atoms with Crippen LogP contribution in [0.1, 0.15) is 32.4 Å². The zero-order valence-electron chi connectivity index (χ0n) is 15.7. The second-order valence-electron chi connectivity index (χ2n) is 7.61. The topological polar surface area (TPSA) is 21.7 Å². The van der Waals surface area contributed by atoms with Crippen LogP contribution in [0.15, 0.2) is 60.7 Å². The minimum atomic E-state index is -0.463.